The fourth-order valence-electron chi connectivity index (χ4n) is 3.46. The second-order valence-corrected chi connectivity index (χ2v) is 6.39. The molecule has 3 rings (SSSR count). The zero-order valence-electron chi connectivity index (χ0n) is 12.9. The topological polar surface area (TPSA) is 114 Å². The number of nitrogens with one attached hydrogen (secondary N) is 1. The number of amides is 2. The highest BCUT2D eigenvalue weighted by Crippen LogP contribution is 2.41. The van der Waals surface area contributed by atoms with Crippen LogP contribution in [0.4, 0.5) is 0 Å². The molecule has 0 aromatic heterocycles. The van der Waals surface area contributed by atoms with Crippen molar-refractivity contribution in [2.24, 2.45) is 11.8 Å². The van der Waals surface area contributed by atoms with Gasteiger partial charge in [-0.3, -0.25) is 14.9 Å². The summed E-state index contributed by atoms with van der Waals surface area (Å²) >= 11 is 0. The van der Waals surface area contributed by atoms with E-state index in [9.17, 15) is 19.8 Å². The molecule has 0 bridgehead atoms. The van der Waals surface area contributed by atoms with Gasteiger partial charge in [0, 0.05) is 24.7 Å². The summed E-state index contributed by atoms with van der Waals surface area (Å²) in [5, 5.41) is 23.6. The molecule has 3 fully saturated rings. The molecule has 2 amide bonds. The third-order valence-corrected chi connectivity index (χ3v) is 4.92. The van der Waals surface area contributed by atoms with E-state index in [0.717, 1.165) is 0 Å². The highest BCUT2D eigenvalue weighted by atomic mass is 16.7. The van der Waals surface area contributed by atoms with Gasteiger partial charge in [-0.2, -0.15) is 0 Å². The molecule has 1 unspecified atom stereocenters. The molecule has 0 aromatic carbocycles. The molecule has 5 atom stereocenters. The van der Waals surface area contributed by atoms with Gasteiger partial charge in [0.15, 0.2) is 0 Å². The highest BCUT2D eigenvalue weighted by molar-refractivity contribution is 5.97. The molecule has 3 heterocycles. The normalized spacial score (nSPS) is 42.8. The highest BCUT2D eigenvalue weighted by Gasteiger charge is 2.56. The summed E-state index contributed by atoms with van der Waals surface area (Å²) in [6, 6.07) is 0. The molecule has 0 saturated carbocycles. The summed E-state index contributed by atoms with van der Waals surface area (Å²) < 4.78 is 16.2. The molecule has 128 valence electrons. The van der Waals surface area contributed by atoms with Crippen molar-refractivity contribution < 1.29 is 34.0 Å². The van der Waals surface area contributed by atoms with Crippen molar-refractivity contribution in [1.82, 2.24) is 5.32 Å². The number of carbonyl (C=O) groups is 2. The Morgan fingerprint density at radius 3 is 2.48 bits per heavy atom. The minimum absolute atomic E-state index is 0.0712. The predicted octanol–water partition coefficient (Wildman–Crippen LogP) is -0.947. The first kappa shape index (κ1) is 16.5. The first-order valence-electron chi connectivity index (χ1n) is 7.61. The lowest BCUT2D eigenvalue weighted by Crippen LogP contribution is -2.62. The molecular weight excluding hydrogens is 306 g/mol. The zero-order chi connectivity index (χ0) is 16.8. The lowest BCUT2D eigenvalue weighted by atomic mass is 9.81. The molecule has 8 heteroatoms. The van der Waals surface area contributed by atoms with Crippen molar-refractivity contribution in [2.45, 2.75) is 43.9 Å². The molecule has 3 aliphatic heterocycles. The number of piperidine rings is 1. The van der Waals surface area contributed by atoms with E-state index >= 15 is 0 Å². The monoisotopic (exact) mass is 327 g/mol. The van der Waals surface area contributed by atoms with E-state index in [1.165, 1.54) is 0 Å². The SMILES string of the molecule is C=C1CO[C@@](O)(C2OCO[C@H](C3CC(=O)NC(=O)C3)[C@@H]2O)[C@@H]1C. The number of rotatable bonds is 2. The van der Waals surface area contributed by atoms with Crippen LogP contribution in [0.25, 0.3) is 0 Å². The second-order valence-electron chi connectivity index (χ2n) is 6.39. The lowest BCUT2D eigenvalue weighted by molar-refractivity contribution is -0.338. The van der Waals surface area contributed by atoms with E-state index in [-0.39, 0.29) is 26.2 Å². The molecule has 3 saturated heterocycles. The van der Waals surface area contributed by atoms with Gasteiger partial charge in [0.2, 0.25) is 17.6 Å². The summed E-state index contributed by atoms with van der Waals surface area (Å²) in [6.45, 7) is 5.59. The maximum absolute atomic E-state index is 11.5. The van der Waals surface area contributed by atoms with E-state index in [2.05, 4.69) is 11.9 Å². The fourth-order valence-corrected chi connectivity index (χ4v) is 3.46. The molecule has 8 nitrogen and oxygen atoms in total. The third kappa shape index (κ3) is 2.81. The molecule has 23 heavy (non-hydrogen) atoms. The van der Waals surface area contributed by atoms with Gasteiger partial charge in [-0.1, -0.05) is 13.5 Å². The number of carbonyl (C=O) groups excluding carboxylic acids is 2. The maximum atomic E-state index is 11.5. The van der Waals surface area contributed by atoms with Crippen molar-refractivity contribution >= 4 is 11.8 Å². The number of aliphatic hydroxyl groups is 2. The maximum Gasteiger partial charge on any atom is 0.226 e. The van der Waals surface area contributed by atoms with Crippen molar-refractivity contribution in [2.75, 3.05) is 13.4 Å². The van der Waals surface area contributed by atoms with Gasteiger partial charge in [0.05, 0.1) is 12.7 Å². The van der Waals surface area contributed by atoms with Gasteiger partial charge in [0.1, 0.15) is 19.0 Å². The van der Waals surface area contributed by atoms with Crippen LogP contribution in [0.2, 0.25) is 0 Å². The van der Waals surface area contributed by atoms with Crippen LogP contribution in [0.15, 0.2) is 12.2 Å². The first-order valence-corrected chi connectivity index (χ1v) is 7.61. The average molecular weight is 327 g/mol. The fraction of sp³-hybridized carbons (Fsp3) is 0.733. The Labute approximate surface area is 133 Å². The Bertz CT molecular complexity index is 520. The Hall–Kier alpha value is -1.32. The van der Waals surface area contributed by atoms with Gasteiger partial charge < -0.3 is 24.4 Å². The molecule has 3 aliphatic rings. The predicted molar refractivity (Wildman–Crippen MR) is 75.7 cm³/mol. The average Bonchev–Trinajstić information content (AvgIpc) is 2.75. The largest absolute Gasteiger partial charge is 0.387 e. The van der Waals surface area contributed by atoms with Crippen LogP contribution < -0.4 is 5.32 Å². The third-order valence-electron chi connectivity index (χ3n) is 4.92. The first-order chi connectivity index (χ1) is 10.8. The quantitative estimate of drug-likeness (QED) is 0.443. The minimum Gasteiger partial charge on any atom is -0.387 e. The number of ether oxygens (including phenoxy) is 3. The van der Waals surface area contributed by atoms with E-state index in [4.69, 9.17) is 14.2 Å². The molecule has 0 radical (unpaired) electrons. The molecule has 3 N–H and O–H groups in total. The summed E-state index contributed by atoms with van der Waals surface area (Å²) in [7, 11) is 0. The van der Waals surface area contributed by atoms with E-state index < -0.39 is 47.7 Å². The number of hydrogen-bond donors (Lipinski definition) is 3. The smallest absolute Gasteiger partial charge is 0.226 e. The molecular formula is C15H21NO7. The zero-order valence-corrected chi connectivity index (χ0v) is 12.9. The van der Waals surface area contributed by atoms with E-state index in [0.29, 0.717) is 5.57 Å². The van der Waals surface area contributed by atoms with E-state index in [1.807, 2.05) is 0 Å². The second kappa shape index (κ2) is 5.95. The van der Waals surface area contributed by atoms with Crippen molar-refractivity contribution in [1.29, 1.82) is 0 Å². The van der Waals surface area contributed by atoms with Gasteiger partial charge >= 0.3 is 0 Å². The van der Waals surface area contributed by atoms with Crippen LogP contribution in [0.3, 0.4) is 0 Å². The van der Waals surface area contributed by atoms with Crippen molar-refractivity contribution in [3.05, 3.63) is 12.2 Å². The summed E-state index contributed by atoms with van der Waals surface area (Å²) in [6.07, 6.45) is -2.93. The number of imide groups is 1. The van der Waals surface area contributed by atoms with Gasteiger partial charge in [-0.05, 0) is 5.57 Å². The van der Waals surface area contributed by atoms with Gasteiger partial charge in [-0.15, -0.1) is 0 Å². The standard InChI is InChI=1S/C15H21NO7/c1-7-5-23-15(20,8(7)2)14-12(19)13(21-6-22-14)9-3-10(17)16-11(18)4-9/h8-9,12-14,19-20H,1,3-6H2,2H3,(H,16,17,18)/t8-,12+,13-,14?,15-/m1/s1. The summed E-state index contributed by atoms with van der Waals surface area (Å²) in [5.74, 6) is -3.40. The van der Waals surface area contributed by atoms with Crippen molar-refractivity contribution in [3.63, 3.8) is 0 Å². The summed E-state index contributed by atoms with van der Waals surface area (Å²) in [5.41, 5.74) is 0.707. The van der Waals surface area contributed by atoms with Gasteiger partial charge in [0.25, 0.3) is 0 Å². The lowest BCUT2D eigenvalue weighted by Gasteiger charge is -2.45. The van der Waals surface area contributed by atoms with E-state index in [1.54, 1.807) is 6.92 Å². The van der Waals surface area contributed by atoms with Crippen LogP contribution in [-0.2, 0) is 23.8 Å². The number of hydrogen-bond acceptors (Lipinski definition) is 7. The van der Waals surface area contributed by atoms with Crippen LogP contribution in [0, 0.1) is 11.8 Å². The molecule has 0 aliphatic carbocycles. The Morgan fingerprint density at radius 1 is 1.26 bits per heavy atom. The van der Waals surface area contributed by atoms with Gasteiger partial charge in [-0.25, -0.2) is 0 Å². The van der Waals surface area contributed by atoms with Crippen LogP contribution in [0.1, 0.15) is 19.8 Å². The summed E-state index contributed by atoms with van der Waals surface area (Å²) in [4.78, 5) is 23.1. The Morgan fingerprint density at radius 2 is 1.91 bits per heavy atom. The Balaban J connectivity index is 1.78. The van der Waals surface area contributed by atoms with Crippen LogP contribution in [0.5, 0.6) is 0 Å². The van der Waals surface area contributed by atoms with Crippen LogP contribution in [-0.4, -0.2) is 59.5 Å². The number of aliphatic hydroxyl groups excluding tert-OH is 1. The molecule has 0 aromatic rings. The minimum atomic E-state index is -1.71. The van der Waals surface area contributed by atoms with Crippen LogP contribution >= 0.6 is 0 Å². The molecule has 0 spiro atoms. The Kier molecular flexibility index (Phi) is 4.28. The van der Waals surface area contributed by atoms with Crippen molar-refractivity contribution in [3.8, 4) is 0 Å².